The van der Waals surface area contributed by atoms with Crippen LogP contribution in [0.25, 0.3) is 11.1 Å². The first kappa shape index (κ1) is 10.5. The van der Waals surface area contributed by atoms with Crippen molar-refractivity contribution in [2.45, 2.75) is 26.2 Å². The Balaban J connectivity index is 2.16. The monoisotopic (exact) mass is 223 g/mol. The molecule has 3 heteroatoms. The van der Waals surface area contributed by atoms with Crippen LogP contribution >= 0.6 is 11.6 Å². The van der Waals surface area contributed by atoms with Crippen molar-refractivity contribution in [3.63, 3.8) is 0 Å². The third kappa shape index (κ3) is 2.51. The van der Waals surface area contributed by atoms with Crippen molar-refractivity contribution in [3.8, 4) is 0 Å². The molecule has 1 heterocycles. The SMILES string of the molecule is Cc1ccc2nc(CCCCCl)oc2c1. The zero-order valence-electron chi connectivity index (χ0n) is 8.79. The van der Waals surface area contributed by atoms with E-state index in [1.165, 1.54) is 5.56 Å². The second kappa shape index (κ2) is 4.67. The summed E-state index contributed by atoms with van der Waals surface area (Å²) in [5, 5.41) is 0. The number of aromatic nitrogens is 1. The first-order valence-electron chi connectivity index (χ1n) is 5.21. The fraction of sp³-hybridized carbons (Fsp3) is 0.417. The zero-order chi connectivity index (χ0) is 10.7. The molecule has 0 amide bonds. The van der Waals surface area contributed by atoms with Crippen LogP contribution < -0.4 is 0 Å². The van der Waals surface area contributed by atoms with Crippen LogP contribution in [0.5, 0.6) is 0 Å². The Morgan fingerprint density at radius 3 is 3.00 bits per heavy atom. The molecule has 1 aromatic carbocycles. The first-order chi connectivity index (χ1) is 7.29. The third-order valence-corrected chi connectivity index (χ3v) is 2.63. The number of unbranched alkanes of at least 4 members (excludes halogenated alkanes) is 1. The molecule has 0 N–H and O–H groups in total. The van der Waals surface area contributed by atoms with Gasteiger partial charge in [-0.3, -0.25) is 0 Å². The van der Waals surface area contributed by atoms with E-state index >= 15 is 0 Å². The van der Waals surface area contributed by atoms with E-state index < -0.39 is 0 Å². The molecule has 0 saturated heterocycles. The number of alkyl halides is 1. The Hall–Kier alpha value is -1.02. The summed E-state index contributed by atoms with van der Waals surface area (Å²) in [6.07, 6.45) is 2.93. The molecule has 15 heavy (non-hydrogen) atoms. The molecule has 2 aromatic rings. The fourth-order valence-corrected chi connectivity index (χ4v) is 1.75. The average Bonchev–Trinajstić information content (AvgIpc) is 2.60. The highest BCUT2D eigenvalue weighted by Crippen LogP contribution is 2.18. The van der Waals surface area contributed by atoms with Crippen LogP contribution in [0.15, 0.2) is 22.6 Å². The molecular weight excluding hydrogens is 210 g/mol. The minimum Gasteiger partial charge on any atom is -0.441 e. The van der Waals surface area contributed by atoms with Crippen molar-refractivity contribution in [1.82, 2.24) is 4.98 Å². The Labute approximate surface area is 94.3 Å². The predicted octanol–water partition coefficient (Wildman–Crippen LogP) is 3.70. The van der Waals surface area contributed by atoms with Gasteiger partial charge in [-0.1, -0.05) is 6.07 Å². The van der Waals surface area contributed by atoms with Crippen molar-refractivity contribution in [1.29, 1.82) is 0 Å². The van der Waals surface area contributed by atoms with Crippen molar-refractivity contribution >= 4 is 22.7 Å². The molecule has 0 unspecified atom stereocenters. The van der Waals surface area contributed by atoms with Gasteiger partial charge in [0.1, 0.15) is 5.52 Å². The lowest BCUT2D eigenvalue weighted by molar-refractivity contribution is 0.518. The number of fused-ring (bicyclic) bond motifs is 1. The van der Waals surface area contributed by atoms with E-state index in [2.05, 4.69) is 11.9 Å². The molecule has 1 aromatic heterocycles. The van der Waals surface area contributed by atoms with Gasteiger partial charge in [0.15, 0.2) is 11.5 Å². The number of hydrogen-bond donors (Lipinski definition) is 0. The normalized spacial score (nSPS) is 11.1. The minimum atomic E-state index is 0.708. The summed E-state index contributed by atoms with van der Waals surface area (Å²) >= 11 is 5.62. The largest absolute Gasteiger partial charge is 0.441 e. The number of oxazole rings is 1. The summed E-state index contributed by atoms with van der Waals surface area (Å²) in [6, 6.07) is 6.07. The molecule has 0 radical (unpaired) electrons. The highest BCUT2D eigenvalue weighted by atomic mass is 35.5. The number of aryl methyl sites for hydroxylation is 2. The Morgan fingerprint density at radius 1 is 1.33 bits per heavy atom. The molecule has 80 valence electrons. The molecule has 2 nitrogen and oxygen atoms in total. The number of halogens is 1. The van der Waals surface area contributed by atoms with Gasteiger partial charge in [0, 0.05) is 12.3 Å². The third-order valence-electron chi connectivity index (χ3n) is 2.36. The topological polar surface area (TPSA) is 26.0 Å². The quantitative estimate of drug-likeness (QED) is 0.584. The minimum absolute atomic E-state index is 0.708. The van der Waals surface area contributed by atoms with E-state index in [1.54, 1.807) is 0 Å². The van der Waals surface area contributed by atoms with E-state index in [4.69, 9.17) is 16.0 Å². The van der Waals surface area contributed by atoms with Crippen molar-refractivity contribution in [2.24, 2.45) is 0 Å². The Morgan fingerprint density at radius 2 is 2.20 bits per heavy atom. The Kier molecular flexibility index (Phi) is 3.27. The average molecular weight is 224 g/mol. The van der Waals surface area contributed by atoms with Crippen LogP contribution in [0, 0.1) is 6.92 Å². The smallest absolute Gasteiger partial charge is 0.195 e. The van der Waals surface area contributed by atoms with Crippen LogP contribution in [0.4, 0.5) is 0 Å². The number of benzene rings is 1. The molecule has 0 saturated carbocycles. The summed E-state index contributed by atoms with van der Waals surface area (Å²) in [4.78, 5) is 4.42. The molecule has 0 fully saturated rings. The van der Waals surface area contributed by atoms with Gasteiger partial charge in [-0.15, -0.1) is 11.6 Å². The van der Waals surface area contributed by atoms with E-state index in [9.17, 15) is 0 Å². The zero-order valence-corrected chi connectivity index (χ0v) is 9.55. The van der Waals surface area contributed by atoms with E-state index in [1.807, 2.05) is 18.2 Å². The summed E-state index contributed by atoms with van der Waals surface area (Å²) in [7, 11) is 0. The van der Waals surface area contributed by atoms with E-state index in [0.717, 1.165) is 36.3 Å². The maximum atomic E-state index is 5.64. The molecule has 0 aliphatic carbocycles. The second-order valence-corrected chi connectivity index (χ2v) is 4.10. The van der Waals surface area contributed by atoms with Gasteiger partial charge in [-0.25, -0.2) is 4.98 Å². The lowest BCUT2D eigenvalue weighted by Gasteiger charge is -1.91. The maximum Gasteiger partial charge on any atom is 0.195 e. The molecule has 0 aliphatic heterocycles. The second-order valence-electron chi connectivity index (χ2n) is 3.72. The molecule has 0 bridgehead atoms. The number of rotatable bonds is 4. The summed E-state index contributed by atoms with van der Waals surface area (Å²) in [5.74, 6) is 1.53. The highest BCUT2D eigenvalue weighted by molar-refractivity contribution is 6.17. The highest BCUT2D eigenvalue weighted by Gasteiger charge is 2.04. The lowest BCUT2D eigenvalue weighted by Crippen LogP contribution is -1.85. The van der Waals surface area contributed by atoms with Gasteiger partial charge in [-0.2, -0.15) is 0 Å². The van der Waals surface area contributed by atoms with Crippen LogP contribution in [0.2, 0.25) is 0 Å². The summed E-state index contributed by atoms with van der Waals surface area (Å²) in [5.41, 5.74) is 3.03. The number of hydrogen-bond acceptors (Lipinski definition) is 2. The van der Waals surface area contributed by atoms with Crippen LogP contribution in [0.3, 0.4) is 0 Å². The van der Waals surface area contributed by atoms with Gasteiger partial charge in [0.2, 0.25) is 0 Å². The summed E-state index contributed by atoms with van der Waals surface area (Å²) < 4.78 is 5.64. The van der Waals surface area contributed by atoms with Gasteiger partial charge in [0.05, 0.1) is 0 Å². The molecule has 2 rings (SSSR count). The molecular formula is C12H14ClNO. The van der Waals surface area contributed by atoms with Gasteiger partial charge in [0.25, 0.3) is 0 Å². The maximum absolute atomic E-state index is 5.64. The first-order valence-corrected chi connectivity index (χ1v) is 5.75. The van der Waals surface area contributed by atoms with Crippen molar-refractivity contribution in [3.05, 3.63) is 29.7 Å². The van der Waals surface area contributed by atoms with Gasteiger partial charge >= 0.3 is 0 Å². The van der Waals surface area contributed by atoms with Crippen molar-refractivity contribution < 1.29 is 4.42 Å². The van der Waals surface area contributed by atoms with Crippen LogP contribution in [-0.4, -0.2) is 10.9 Å². The summed E-state index contributed by atoms with van der Waals surface area (Å²) in [6.45, 7) is 2.05. The predicted molar refractivity (Wildman–Crippen MR) is 62.4 cm³/mol. The fourth-order valence-electron chi connectivity index (χ4n) is 1.56. The Bertz CT molecular complexity index is 450. The molecule has 0 aliphatic rings. The molecule has 0 atom stereocenters. The van der Waals surface area contributed by atoms with E-state index in [0.29, 0.717) is 5.88 Å². The lowest BCUT2D eigenvalue weighted by atomic mass is 10.2. The van der Waals surface area contributed by atoms with Crippen molar-refractivity contribution in [2.75, 3.05) is 5.88 Å². The van der Waals surface area contributed by atoms with Crippen LogP contribution in [0.1, 0.15) is 24.3 Å². The van der Waals surface area contributed by atoms with E-state index in [-0.39, 0.29) is 0 Å². The standard InChI is InChI=1S/C12H14ClNO/c1-9-5-6-10-11(8-9)15-12(14-10)4-2-3-7-13/h5-6,8H,2-4,7H2,1H3. The van der Waals surface area contributed by atoms with Crippen LogP contribution in [-0.2, 0) is 6.42 Å². The molecule has 0 spiro atoms. The van der Waals surface area contributed by atoms with Gasteiger partial charge < -0.3 is 4.42 Å². The van der Waals surface area contributed by atoms with Gasteiger partial charge in [-0.05, 0) is 37.5 Å². The number of nitrogens with zero attached hydrogens (tertiary/aromatic N) is 1.